The molecule has 0 bridgehead atoms. The molecule has 6 heteroatoms. The van der Waals surface area contributed by atoms with Crippen molar-refractivity contribution in [1.82, 2.24) is 0 Å². The number of ether oxygens (including phenoxy) is 1. The van der Waals surface area contributed by atoms with Crippen LogP contribution in [0.1, 0.15) is 0 Å². The Morgan fingerprint density at radius 2 is 1.35 bits per heavy atom. The highest BCUT2D eigenvalue weighted by Gasteiger charge is 2.17. The predicted molar refractivity (Wildman–Crippen MR) is 92.7 cm³/mol. The van der Waals surface area contributed by atoms with Crippen LogP contribution < -0.4 is 14.5 Å². The zero-order valence-corrected chi connectivity index (χ0v) is 13.1. The van der Waals surface area contributed by atoms with Crippen LogP contribution in [-0.4, -0.2) is 33.3 Å². The maximum absolute atomic E-state index is 8.44. The second-order valence-electron chi connectivity index (χ2n) is 5.38. The van der Waals surface area contributed by atoms with Crippen LogP contribution in [0.2, 0.25) is 0 Å². The normalized spacial score (nSPS) is 14.3. The van der Waals surface area contributed by atoms with E-state index in [0.717, 1.165) is 37.6 Å². The van der Waals surface area contributed by atoms with Crippen molar-refractivity contribution in [1.29, 1.82) is 0 Å². The molecule has 2 aromatic rings. The third-order valence-electron chi connectivity index (χ3n) is 4.09. The largest absolute Gasteiger partial charge is 0.497 e. The number of anilines is 2. The lowest BCUT2D eigenvalue weighted by Crippen LogP contribution is -2.46. The molecule has 0 N–H and O–H groups in total. The molecule has 0 radical (unpaired) electrons. The van der Waals surface area contributed by atoms with Crippen molar-refractivity contribution in [3.63, 3.8) is 0 Å². The van der Waals surface area contributed by atoms with Gasteiger partial charge in [-0.05, 0) is 41.9 Å². The van der Waals surface area contributed by atoms with Crippen LogP contribution in [0.4, 0.5) is 17.1 Å². The Bertz CT molecular complexity index is 684. The van der Waals surface area contributed by atoms with E-state index < -0.39 is 0 Å². The van der Waals surface area contributed by atoms with Crippen molar-refractivity contribution < 1.29 is 4.74 Å². The zero-order valence-electron chi connectivity index (χ0n) is 13.1. The van der Waals surface area contributed by atoms with Gasteiger partial charge in [-0.1, -0.05) is 17.2 Å². The average molecular weight is 309 g/mol. The number of nitrogens with zero attached hydrogens (tertiary/aromatic N) is 5. The van der Waals surface area contributed by atoms with Crippen LogP contribution >= 0.6 is 0 Å². The van der Waals surface area contributed by atoms with Crippen LogP contribution in [0.15, 0.2) is 53.6 Å². The van der Waals surface area contributed by atoms with Crippen molar-refractivity contribution in [3.05, 3.63) is 59.0 Å². The molecule has 1 heterocycles. The number of benzene rings is 2. The van der Waals surface area contributed by atoms with Crippen molar-refractivity contribution in [2.75, 3.05) is 43.1 Å². The molecule has 2 aromatic carbocycles. The fourth-order valence-electron chi connectivity index (χ4n) is 2.80. The summed E-state index contributed by atoms with van der Waals surface area (Å²) in [5.41, 5.74) is 11.5. The number of piperazine rings is 1. The highest BCUT2D eigenvalue weighted by molar-refractivity contribution is 5.55. The Balaban J connectivity index is 1.62. The van der Waals surface area contributed by atoms with Gasteiger partial charge in [0.2, 0.25) is 0 Å². The Kier molecular flexibility index (Phi) is 4.54. The summed E-state index contributed by atoms with van der Waals surface area (Å²) >= 11 is 0. The molecule has 6 nitrogen and oxygen atoms in total. The van der Waals surface area contributed by atoms with Gasteiger partial charge in [0.1, 0.15) is 5.75 Å². The topological polar surface area (TPSA) is 64.5 Å². The fourth-order valence-corrected chi connectivity index (χ4v) is 2.80. The third-order valence-corrected chi connectivity index (χ3v) is 4.09. The highest BCUT2D eigenvalue weighted by Crippen LogP contribution is 2.24. The average Bonchev–Trinajstić information content (AvgIpc) is 2.63. The summed E-state index contributed by atoms with van der Waals surface area (Å²) in [4.78, 5) is 7.53. The van der Waals surface area contributed by atoms with Gasteiger partial charge in [-0.25, -0.2) is 0 Å². The molecule has 0 atom stereocenters. The minimum absolute atomic E-state index is 0.646. The standard InChI is InChI=1S/C17H19N5O/c1-23-17-8-6-16(7-9-17)22-12-10-21(11-13-22)15-4-2-14(3-5-15)19-20-18/h2-9H,10-13H2,1H3. The highest BCUT2D eigenvalue weighted by atomic mass is 16.5. The molecule has 0 spiro atoms. The molecule has 1 aliphatic heterocycles. The zero-order chi connectivity index (χ0) is 16.1. The minimum Gasteiger partial charge on any atom is -0.497 e. The van der Waals surface area contributed by atoms with Gasteiger partial charge in [-0.15, -0.1) is 0 Å². The van der Waals surface area contributed by atoms with Gasteiger partial charge in [0, 0.05) is 48.2 Å². The van der Waals surface area contributed by atoms with E-state index in [1.807, 2.05) is 36.4 Å². The Hall–Kier alpha value is -2.85. The SMILES string of the molecule is COc1ccc(N2CCN(c3ccc(N=[N+]=[N-])cc3)CC2)cc1. The fraction of sp³-hybridized carbons (Fsp3) is 0.294. The Labute approximate surface area is 135 Å². The predicted octanol–water partition coefficient (Wildman–Crippen LogP) is 3.96. The van der Waals surface area contributed by atoms with E-state index in [1.165, 1.54) is 5.69 Å². The molecule has 1 fully saturated rings. The molecule has 1 saturated heterocycles. The van der Waals surface area contributed by atoms with Crippen molar-refractivity contribution >= 4 is 17.1 Å². The number of rotatable bonds is 4. The van der Waals surface area contributed by atoms with Crippen LogP contribution in [0.25, 0.3) is 10.4 Å². The van der Waals surface area contributed by atoms with Crippen molar-refractivity contribution in [2.24, 2.45) is 5.11 Å². The molecule has 1 aliphatic rings. The molecule has 0 unspecified atom stereocenters. The van der Waals surface area contributed by atoms with E-state index in [9.17, 15) is 0 Å². The quantitative estimate of drug-likeness (QED) is 0.488. The number of hydrogen-bond donors (Lipinski definition) is 0. The lowest BCUT2D eigenvalue weighted by atomic mass is 10.2. The van der Waals surface area contributed by atoms with Crippen molar-refractivity contribution in [3.8, 4) is 5.75 Å². The van der Waals surface area contributed by atoms with E-state index in [4.69, 9.17) is 10.3 Å². The van der Waals surface area contributed by atoms with Crippen LogP contribution in [0.5, 0.6) is 5.75 Å². The Morgan fingerprint density at radius 3 is 1.78 bits per heavy atom. The van der Waals surface area contributed by atoms with E-state index in [0.29, 0.717) is 5.69 Å². The number of methoxy groups -OCH3 is 1. The number of hydrogen-bond acceptors (Lipinski definition) is 4. The summed E-state index contributed by atoms with van der Waals surface area (Å²) < 4.78 is 5.20. The van der Waals surface area contributed by atoms with Crippen LogP contribution in [0, 0.1) is 0 Å². The molecule has 0 aromatic heterocycles. The van der Waals surface area contributed by atoms with Gasteiger partial charge in [0.05, 0.1) is 7.11 Å². The summed E-state index contributed by atoms with van der Waals surface area (Å²) in [7, 11) is 1.68. The summed E-state index contributed by atoms with van der Waals surface area (Å²) in [5, 5.41) is 3.60. The molecule has 3 rings (SSSR count). The lowest BCUT2D eigenvalue weighted by Gasteiger charge is -2.37. The molecule has 0 saturated carbocycles. The smallest absolute Gasteiger partial charge is 0.119 e. The molecular formula is C17H19N5O. The second kappa shape index (κ2) is 6.94. The van der Waals surface area contributed by atoms with Gasteiger partial charge >= 0.3 is 0 Å². The van der Waals surface area contributed by atoms with Gasteiger partial charge < -0.3 is 14.5 Å². The van der Waals surface area contributed by atoms with E-state index in [2.05, 4.69) is 32.0 Å². The van der Waals surface area contributed by atoms with Gasteiger partial charge in [-0.3, -0.25) is 0 Å². The summed E-state index contributed by atoms with van der Waals surface area (Å²) in [5.74, 6) is 0.882. The summed E-state index contributed by atoms with van der Waals surface area (Å²) in [6.07, 6.45) is 0. The summed E-state index contributed by atoms with van der Waals surface area (Å²) in [6, 6.07) is 15.9. The second-order valence-corrected chi connectivity index (χ2v) is 5.38. The molecule has 23 heavy (non-hydrogen) atoms. The first kappa shape index (κ1) is 15.1. The lowest BCUT2D eigenvalue weighted by molar-refractivity contribution is 0.415. The van der Waals surface area contributed by atoms with Crippen LogP contribution in [0.3, 0.4) is 0 Å². The molecule has 0 amide bonds. The molecular weight excluding hydrogens is 290 g/mol. The Morgan fingerprint density at radius 1 is 0.870 bits per heavy atom. The minimum atomic E-state index is 0.646. The monoisotopic (exact) mass is 309 g/mol. The summed E-state index contributed by atoms with van der Waals surface area (Å²) in [6.45, 7) is 3.88. The van der Waals surface area contributed by atoms with Gasteiger partial charge in [0.25, 0.3) is 0 Å². The van der Waals surface area contributed by atoms with Gasteiger partial charge in [-0.2, -0.15) is 0 Å². The van der Waals surface area contributed by atoms with E-state index in [1.54, 1.807) is 7.11 Å². The maximum atomic E-state index is 8.44. The first-order valence-corrected chi connectivity index (χ1v) is 7.59. The third kappa shape index (κ3) is 3.49. The van der Waals surface area contributed by atoms with E-state index in [-0.39, 0.29) is 0 Å². The first-order valence-electron chi connectivity index (χ1n) is 7.59. The van der Waals surface area contributed by atoms with E-state index >= 15 is 0 Å². The molecule has 0 aliphatic carbocycles. The van der Waals surface area contributed by atoms with Gasteiger partial charge in [0.15, 0.2) is 0 Å². The first-order chi connectivity index (χ1) is 11.3. The number of azide groups is 1. The maximum Gasteiger partial charge on any atom is 0.119 e. The molecule has 118 valence electrons. The van der Waals surface area contributed by atoms with Crippen LogP contribution in [-0.2, 0) is 0 Å². The van der Waals surface area contributed by atoms with Crippen molar-refractivity contribution in [2.45, 2.75) is 0 Å².